The van der Waals surface area contributed by atoms with E-state index in [1.807, 2.05) is 48.5 Å². The highest BCUT2D eigenvalue weighted by Crippen LogP contribution is 2.04. The zero-order chi connectivity index (χ0) is 17.7. The van der Waals surface area contributed by atoms with Crippen molar-refractivity contribution < 1.29 is 19.1 Å². The maximum atomic E-state index is 11.1. The molecule has 0 saturated heterocycles. The van der Waals surface area contributed by atoms with Gasteiger partial charge in [-0.05, 0) is 32.1 Å². The topological polar surface area (TPSA) is 52.6 Å². The second-order valence-electron chi connectivity index (χ2n) is 6.30. The standard InChI is InChI=1S/C9H18O2.C9H16O2/c2*1-5-8(4)9(10)11-6-7(2)3/h7-8H,5-6H2,1-4H3;5,7H,6H2,1-4H3/b;8-5+. The molecule has 0 aliphatic rings. The predicted molar refractivity (Wildman–Crippen MR) is 90.5 cm³/mol. The average Bonchev–Trinajstić information content (AvgIpc) is 2.48. The van der Waals surface area contributed by atoms with Crippen molar-refractivity contribution in [2.45, 2.75) is 61.8 Å². The summed E-state index contributed by atoms with van der Waals surface area (Å²) in [6.45, 7) is 16.6. The van der Waals surface area contributed by atoms with Crippen LogP contribution in [0.3, 0.4) is 0 Å². The lowest BCUT2D eigenvalue weighted by molar-refractivity contribution is -0.149. The van der Waals surface area contributed by atoms with Crippen molar-refractivity contribution in [3.05, 3.63) is 11.6 Å². The van der Waals surface area contributed by atoms with Gasteiger partial charge in [-0.2, -0.15) is 0 Å². The molecule has 0 saturated carbocycles. The van der Waals surface area contributed by atoms with E-state index in [0.29, 0.717) is 30.6 Å². The first-order valence-corrected chi connectivity index (χ1v) is 8.12. The van der Waals surface area contributed by atoms with Gasteiger partial charge in [0.15, 0.2) is 0 Å². The quantitative estimate of drug-likeness (QED) is 0.517. The van der Waals surface area contributed by atoms with Crippen LogP contribution >= 0.6 is 0 Å². The number of carbonyl (C=O) groups excluding carboxylic acids is 2. The smallest absolute Gasteiger partial charge is 0.333 e. The number of rotatable bonds is 7. The Hall–Kier alpha value is -1.32. The van der Waals surface area contributed by atoms with Crippen LogP contribution in [0.4, 0.5) is 0 Å². The normalized spacial score (nSPS) is 12.5. The van der Waals surface area contributed by atoms with Crippen LogP contribution in [0, 0.1) is 17.8 Å². The Kier molecular flexibility index (Phi) is 13.9. The first-order valence-electron chi connectivity index (χ1n) is 8.12. The molecule has 4 nitrogen and oxygen atoms in total. The number of allylic oxidation sites excluding steroid dienone is 1. The lowest BCUT2D eigenvalue weighted by atomic mass is 10.1. The second kappa shape index (κ2) is 13.4. The molecular formula is C18H34O4. The van der Waals surface area contributed by atoms with Crippen molar-refractivity contribution in [3.8, 4) is 0 Å². The summed E-state index contributed by atoms with van der Waals surface area (Å²) in [6.07, 6.45) is 2.61. The Bertz CT molecular complexity index is 343. The average molecular weight is 314 g/mol. The van der Waals surface area contributed by atoms with Crippen molar-refractivity contribution in [2.24, 2.45) is 17.8 Å². The van der Waals surface area contributed by atoms with Crippen molar-refractivity contribution >= 4 is 11.9 Å². The van der Waals surface area contributed by atoms with Gasteiger partial charge in [0.2, 0.25) is 0 Å². The van der Waals surface area contributed by atoms with Crippen LogP contribution in [0.2, 0.25) is 0 Å². The van der Waals surface area contributed by atoms with Gasteiger partial charge in [0.1, 0.15) is 0 Å². The van der Waals surface area contributed by atoms with Crippen molar-refractivity contribution in [1.82, 2.24) is 0 Å². The van der Waals surface area contributed by atoms with E-state index in [4.69, 9.17) is 9.47 Å². The highest BCUT2D eigenvalue weighted by Gasteiger charge is 2.11. The zero-order valence-corrected chi connectivity index (χ0v) is 15.6. The Morgan fingerprint density at radius 2 is 1.41 bits per heavy atom. The van der Waals surface area contributed by atoms with Crippen molar-refractivity contribution in [1.29, 1.82) is 0 Å². The molecule has 0 amide bonds. The van der Waals surface area contributed by atoms with Gasteiger partial charge in [-0.15, -0.1) is 0 Å². The van der Waals surface area contributed by atoms with Crippen LogP contribution in [-0.2, 0) is 19.1 Å². The van der Waals surface area contributed by atoms with Crippen LogP contribution < -0.4 is 0 Å². The van der Waals surface area contributed by atoms with E-state index in [1.54, 1.807) is 13.0 Å². The third-order valence-corrected chi connectivity index (χ3v) is 2.88. The van der Waals surface area contributed by atoms with Crippen molar-refractivity contribution in [2.75, 3.05) is 13.2 Å². The van der Waals surface area contributed by atoms with E-state index in [1.165, 1.54) is 0 Å². The number of hydrogen-bond donors (Lipinski definition) is 0. The molecule has 0 aliphatic heterocycles. The third kappa shape index (κ3) is 13.7. The maximum absolute atomic E-state index is 11.1. The number of hydrogen-bond acceptors (Lipinski definition) is 4. The molecule has 1 unspecified atom stereocenters. The molecule has 0 aromatic rings. The Balaban J connectivity index is 0. The summed E-state index contributed by atoms with van der Waals surface area (Å²) in [5.41, 5.74) is 0.672. The van der Waals surface area contributed by atoms with Crippen LogP contribution in [0.1, 0.15) is 61.8 Å². The molecule has 1 atom stereocenters. The first-order chi connectivity index (χ1) is 10.1. The van der Waals surface area contributed by atoms with E-state index < -0.39 is 0 Å². The summed E-state index contributed by atoms with van der Waals surface area (Å²) in [5.74, 6) is 0.614. The van der Waals surface area contributed by atoms with Gasteiger partial charge in [0.25, 0.3) is 0 Å². The second-order valence-corrected chi connectivity index (χ2v) is 6.30. The van der Waals surface area contributed by atoms with Gasteiger partial charge in [-0.3, -0.25) is 4.79 Å². The van der Waals surface area contributed by atoms with Gasteiger partial charge in [-0.25, -0.2) is 4.79 Å². The summed E-state index contributed by atoms with van der Waals surface area (Å²) < 4.78 is 9.97. The van der Waals surface area contributed by atoms with E-state index >= 15 is 0 Å². The summed E-state index contributed by atoms with van der Waals surface area (Å²) in [4.78, 5) is 22.0. The SMILES string of the molecule is C/C=C(\C)C(=O)OCC(C)C.CCC(C)C(=O)OCC(C)C. The van der Waals surface area contributed by atoms with Crippen LogP contribution in [0.15, 0.2) is 11.6 Å². The monoisotopic (exact) mass is 314 g/mol. The Labute approximate surface area is 136 Å². The Morgan fingerprint density at radius 1 is 0.955 bits per heavy atom. The van der Waals surface area contributed by atoms with Gasteiger partial charge >= 0.3 is 11.9 Å². The molecule has 0 radical (unpaired) electrons. The molecule has 0 N–H and O–H groups in total. The highest BCUT2D eigenvalue weighted by molar-refractivity contribution is 5.87. The summed E-state index contributed by atoms with van der Waals surface area (Å²) in [5, 5.41) is 0. The summed E-state index contributed by atoms with van der Waals surface area (Å²) >= 11 is 0. The van der Waals surface area contributed by atoms with Gasteiger partial charge < -0.3 is 9.47 Å². The van der Waals surface area contributed by atoms with E-state index in [-0.39, 0.29) is 17.9 Å². The fourth-order valence-electron chi connectivity index (χ4n) is 1.03. The zero-order valence-electron chi connectivity index (χ0n) is 15.6. The molecular weight excluding hydrogens is 280 g/mol. The fourth-order valence-corrected chi connectivity index (χ4v) is 1.03. The van der Waals surface area contributed by atoms with Crippen LogP contribution in [0.25, 0.3) is 0 Å². The van der Waals surface area contributed by atoms with Gasteiger partial charge in [0.05, 0.1) is 19.1 Å². The first kappa shape index (κ1) is 23.0. The minimum atomic E-state index is -0.207. The van der Waals surface area contributed by atoms with Crippen molar-refractivity contribution in [3.63, 3.8) is 0 Å². The highest BCUT2D eigenvalue weighted by atomic mass is 16.5. The lowest BCUT2D eigenvalue weighted by Gasteiger charge is -2.10. The van der Waals surface area contributed by atoms with E-state index in [0.717, 1.165) is 6.42 Å². The number of carbonyl (C=O) groups is 2. The molecule has 0 bridgehead atoms. The van der Waals surface area contributed by atoms with Gasteiger partial charge in [-0.1, -0.05) is 47.6 Å². The molecule has 4 heteroatoms. The molecule has 0 spiro atoms. The molecule has 0 aliphatic carbocycles. The fraction of sp³-hybridized carbons (Fsp3) is 0.778. The molecule has 0 fully saturated rings. The minimum Gasteiger partial charge on any atom is -0.465 e. The number of esters is 2. The largest absolute Gasteiger partial charge is 0.465 e. The number of ether oxygens (including phenoxy) is 2. The van der Waals surface area contributed by atoms with E-state index in [2.05, 4.69) is 0 Å². The van der Waals surface area contributed by atoms with Gasteiger partial charge in [0, 0.05) is 5.57 Å². The third-order valence-electron chi connectivity index (χ3n) is 2.88. The van der Waals surface area contributed by atoms with E-state index in [9.17, 15) is 9.59 Å². The lowest BCUT2D eigenvalue weighted by Crippen LogP contribution is -2.16. The Morgan fingerprint density at radius 3 is 1.77 bits per heavy atom. The molecule has 22 heavy (non-hydrogen) atoms. The maximum Gasteiger partial charge on any atom is 0.333 e. The summed E-state index contributed by atoms with van der Waals surface area (Å²) in [7, 11) is 0. The summed E-state index contributed by atoms with van der Waals surface area (Å²) in [6, 6.07) is 0. The molecule has 130 valence electrons. The minimum absolute atomic E-state index is 0.0498. The van der Waals surface area contributed by atoms with Crippen LogP contribution in [0.5, 0.6) is 0 Å². The van der Waals surface area contributed by atoms with Crippen LogP contribution in [-0.4, -0.2) is 25.2 Å². The molecule has 0 aromatic carbocycles. The predicted octanol–water partition coefficient (Wildman–Crippen LogP) is 4.38. The molecule has 0 heterocycles. The molecule has 0 rings (SSSR count). The molecule has 0 aromatic heterocycles.